The van der Waals surface area contributed by atoms with Crippen molar-refractivity contribution in [1.82, 2.24) is 14.1 Å². The Hall–Kier alpha value is -3.54. The number of rotatable bonds is 8. The molecule has 35 heavy (non-hydrogen) atoms. The number of benzene rings is 3. The van der Waals surface area contributed by atoms with Crippen LogP contribution in [0.1, 0.15) is 40.1 Å². The van der Waals surface area contributed by atoms with Gasteiger partial charge in [-0.2, -0.15) is 8.75 Å². The van der Waals surface area contributed by atoms with E-state index in [-0.39, 0.29) is 22.6 Å². The van der Waals surface area contributed by atoms with Gasteiger partial charge in [-0.25, -0.2) is 8.78 Å². The van der Waals surface area contributed by atoms with Gasteiger partial charge in [-0.15, -0.1) is 0 Å². The van der Waals surface area contributed by atoms with Crippen LogP contribution in [-0.2, 0) is 17.7 Å². The van der Waals surface area contributed by atoms with E-state index in [9.17, 15) is 22.3 Å². The second-order valence-electron chi connectivity index (χ2n) is 7.59. The van der Waals surface area contributed by atoms with Gasteiger partial charge in [0.05, 0.1) is 40.3 Å². The monoisotopic (exact) mass is 513 g/mol. The smallest absolute Gasteiger partial charge is 0.253 e. The molecule has 0 aliphatic heterocycles. The van der Waals surface area contributed by atoms with E-state index in [0.717, 1.165) is 33.7 Å². The van der Waals surface area contributed by atoms with Gasteiger partial charge in [0.15, 0.2) is 5.82 Å². The van der Waals surface area contributed by atoms with E-state index in [0.29, 0.717) is 12.1 Å². The highest BCUT2D eigenvalue weighted by Crippen LogP contribution is 2.32. The number of aromatic nitrogens is 2. The lowest BCUT2D eigenvalue weighted by Crippen LogP contribution is -2.30. The van der Waals surface area contributed by atoms with Crippen molar-refractivity contribution in [3.8, 4) is 0 Å². The zero-order valence-corrected chi connectivity index (χ0v) is 20.0. The van der Waals surface area contributed by atoms with Gasteiger partial charge in [-0.05, 0) is 30.7 Å². The molecule has 180 valence electrons. The predicted molar refractivity (Wildman–Crippen MR) is 129 cm³/mol. The maximum Gasteiger partial charge on any atom is 0.253 e. The number of carbonyl (C=O) groups is 1. The molecule has 4 rings (SSSR count). The first-order valence-corrected chi connectivity index (χ1v) is 12.2. The Bertz CT molecular complexity index is 1370. The molecule has 2 atom stereocenters. The summed E-state index contributed by atoms with van der Waals surface area (Å²) < 4.78 is 61.5. The van der Waals surface area contributed by atoms with Crippen molar-refractivity contribution < 1.29 is 22.3 Å². The van der Waals surface area contributed by atoms with Gasteiger partial charge in [0, 0.05) is 18.1 Å². The third-order valence-corrected chi connectivity index (χ3v) is 6.46. The van der Waals surface area contributed by atoms with E-state index in [1.165, 1.54) is 18.2 Å². The maximum atomic E-state index is 14.2. The van der Waals surface area contributed by atoms with Gasteiger partial charge >= 0.3 is 0 Å². The molecule has 3 aromatic carbocycles. The number of anilines is 2. The van der Waals surface area contributed by atoms with Crippen LogP contribution < -0.4 is 9.62 Å². The summed E-state index contributed by atoms with van der Waals surface area (Å²) >= 11 is -1.97. The van der Waals surface area contributed by atoms with Gasteiger partial charge < -0.3 is 9.87 Å². The molecule has 2 unspecified atom stereocenters. The largest absolute Gasteiger partial charge is 0.755 e. The van der Waals surface area contributed by atoms with Crippen molar-refractivity contribution in [2.45, 2.75) is 19.4 Å². The molecule has 4 aromatic rings. The summed E-state index contributed by atoms with van der Waals surface area (Å²) in [7, 11) is 0. The van der Waals surface area contributed by atoms with Gasteiger partial charge in [0.1, 0.15) is 17.3 Å². The van der Waals surface area contributed by atoms with E-state index < -0.39 is 34.8 Å². The molecule has 0 aliphatic rings. The van der Waals surface area contributed by atoms with Gasteiger partial charge in [-0.3, -0.25) is 13.3 Å². The van der Waals surface area contributed by atoms with Crippen molar-refractivity contribution in [2.24, 2.45) is 0 Å². The van der Waals surface area contributed by atoms with Crippen molar-refractivity contribution >= 4 is 40.4 Å². The molecule has 1 aromatic heterocycles. The fraction of sp³-hybridized carbons (Fsp3) is 0.125. The molecular weight excluding hydrogens is 494 g/mol. The van der Waals surface area contributed by atoms with Crippen LogP contribution in [0, 0.1) is 11.6 Å². The Morgan fingerprint density at radius 3 is 2.51 bits per heavy atom. The Balaban J connectivity index is 1.66. The van der Waals surface area contributed by atoms with E-state index in [4.69, 9.17) is 0 Å². The number of hydrogen-bond donors (Lipinski definition) is 1. The third-order valence-electron chi connectivity index (χ3n) is 5.24. The van der Waals surface area contributed by atoms with Crippen LogP contribution in [-0.4, -0.2) is 23.4 Å². The van der Waals surface area contributed by atoms with Crippen molar-refractivity contribution in [1.29, 1.82) is 0 Å². The maximum absolute atomic E-state index is 14.2. The normalized spacial score (nSPS) is 12.7. The highest BCUT2D eigenvalue weighted by molar-refractivity contribution is 7.81. The summed E-state index contributed by atoms with van der Waals surface area (Å²) in [5.74, 6) is -2.08. The first-order chi connectivity index (χ1) is 16.8. The first-order valence-electron chi connectivity index (χ1n) is 10.4. The van der Waals surface area contributed by atoms with Crippen LogP contribution in [0.5, 0.6) is 0 Å². The molecule has 1 amide bonds. The number of nitrogens with one attached hydrogen (secondary N) is 1. The quantitative estimate of drug-likeness (QED) is 0.340. The number of carbonyl (C=O) groups excluding carboxylic acids is 1. The zero-order chi connectivity index (χ0) is 24.9. The molecule has 0 saturated carbocycles. The lowest BCUT2D eigenvalue weighted by atomic mass is 10.1. The number of amides is 1. The predicted octanol–water partition coefficient (Wildman–Crippen LogP) is 4.83. The molecule has 1 heterocycles. The summed E-state index contributed by atoms with van der Waals surface area (Å²) in [6.07, 6.45) is 0.343. The van der Waals surface area contributed by atoms with Crippen molar-refractivity contribution in [2.75, 3.05) is 4.31 Å². The molecule has 0 aliphatic carbocycles. The van der Waals surface area contributed by atoms with Crippen LogP contribution >= 0.6 is 11.7 Å². The average molecular weight is 514 g/mol. The summed E-state index contributed by atoms with van der Waals surface area (Å²) in [6, 6.07) is 17.7. The first kappa shape index (κ1) is 24.6. The molecule has 0 spiro atoms. The average Bonchev–Trinajstić information content (AvgIpc) is 3.27. The second kappa shape index (κ2) is 10.8. The molecule has 0 fully saturated rings. The third kappa shape index (κ3) is 5.59. The van der Waals surface area contributed by atoms with Crippen LogP contribution in [0.25, 0.3) is 0 Å². The number of nitrogens with zero attached hydrogens (tertiary/aromatic N) is 3. The fourth-order valence-corrected chi connectivity index (χ4v) is 4.78. The van der Waals surface area contributed by atoms with Gasteiger partial charge in [0.25, 0.3) is 5.91 Å². The topological polar surface area (TPSA) is 98.2 Å². The SMILES string of the molecule is CC(NC(=O)c1ccccc1N(c1nsnc1Cc1ccccc1)S(=O)[O-])c1ccc(F)cc1F. The number of hydrogen-bond acceptors (Lipinski definition) is 6. The lowest BCUT2D eigenvalue weighted by Gasteiger charge is -2.27. The molecular formula is C24H19F2N4O3S2-. The minimum atomic E-state index is -2.83. The summed E-state index contributed by atoms with van der Waals surface area (Å²) in [5, 5.41) is 2.64. The Labute approximate surface area is 207 Å². The summed E-state index contributed by atoms with van der Waals surface area (Å²) in [6.45, 7) is 1.54. The summed E-state index contributed by atoms with van der Waals surface area (Å²) in [5.41, 5.74) is 1.54. The van der Waals surface area contributed by atoms with Crippen LogP contribution in [0.4, 0.5) is 20.3 Å². The van der Waals surface area contributed by atoms with Crippen LogP contribution in [0.2, 0.25) is 0 Å². The molecule has 0 saturated heterocycles. The molecule has 7 nitrogen and oxygen atoms in total. The Morgan fingerprint density at radius 2 is 1.80 bits per heavy atom. The van der Waals surface area contributed by atoms with Crippen LogP contribution in [0.15, 0.2) is 72.8 Å². The van der Waals surface area contributed by atoms with Crippen LogP contribution in [0.3, 0.4) is 0 Å². The number of halogens is 2. The van der Waals surface area contributed by atoms with Gasteiger partial charge in [-0.1, -0.05) is 48.5 Å². The van der Waals surface area contributed by atoms with E-state index in [1.807, 2.05) is 30.3 Å². The minimum Gasteiger partial charge on any atom is -0.755 e. The zero-order valence-electron chi connectivity index (χ0n) is 18.4. The van der Waals surface area contributed by atoms with E-state index in [2.05, 4.69) is 14.1 Å². The molecule has 11 heteroatoms. The Morgan fingerprint density at radius 1 is 1.09 bits per heavy atom. The van der Waals surface area contributed by atoms with Crippen molar-refractivity contribution in [3.05, 3.63) is 107 Å². The highest BCUT2D eigenvalue weighted by Gasteiger charge is 2.25. The standard InChI is InChI=1S/C24H20F2N4O3S2/c1-15(18-12-11-17(25)14-20(18)26)27-24(31)19-9-5-6-10-22(19)30(35(32)33)23-21(28-34-29-23)13-16-7-3-2-4-8-16/h2-12,14-15H,13H2,1H3,(H,27,31)(H,32,33)/p-1. The van der Waals surface area contributed by atoms with Crippen molar-refractivity contribution in [3.63, 3.8) is 0 Å². The molecule has 1 N–H and O–H groups in total. The van der Waals surface area contributed by atoms with Gasteiger partial charge in [0.2, 0.25) is 0 Å². The fourth-order valence-electron chi connectivity index (χ4n) is 3.57. The summed E-state index contributed by atoms with van der Waals surface area (Å²) in [4.78, 5) is 13.1. The highest BCUT2D eigenvalue weighted by atomic mass is 32.2. The Kier molecular flexibility index (Phi) is 7.59. The van der Waals surface area contributed by atoms with E-state index in [1.54, 1.807) is 19.1 Å². The lowest BCUT2D eigenvalue weighted by molar-refractivity contribution is 0.0940. The molecule has 0 radical (unpaired) electrons. The van der Waals surface area contributed by atoms with E-state index >= 15 is 0 Å². The second-order valence-corrected chi connectivity index (χ2v) is 8.91. The minimum absolute atomic E-state index is 0.0322. The number of para-hydroxylation sites is 1. The molecule has 0 bridgehead atoms.